The van der Waals surface area contributed by atoms with E-state index in [2.05, 4.69) is 10.3 Å². The minimum absolute atomic E-state index is 0.237. The van der Waals surface area contributed by atoms with E-state index in [0.717, 1.165) is 34.5 Å². The van der Waals surface area contributed by atoms with Crippen LogP contribution in [0.1, 0.15) is 38.5 Å². The van der Waals surface area contributed by atoms with Gasteiger partial charge in [0.2, 0.25) is 0 Å². The molecule has 4 bridgehead atoms. The number of nitrogens with two attached hydrogens (primary N) is 1. The lowest BCUT2D eigenvalue weighted by molar-refractivity contribution is 0.00969. The first kappa shape index (κ1) is 11.9. The molecule has 6 rings (SSSR count). The first-order valence-corrected chi connectivity index (χ1v) is 8.12. The second-order valence-electron chi connectivity index (χ2n) is 7.57. The van der Waals surface area contributed by atoms with Gasteiger partial charge in [0.25, 0.3) is 6.01 Å². The number of hydrogen-bond donors (Lipinski definition) is 2. The highest BCUT2D eigenvalue weighted by molar-refractivity contribution is 5.78. The van der Waals surface area contributed by atoms with Crippen LogP contribution in [-0.4, -0.2) is 10.5 Å². The third-order valence-electron chi connectivity index (χ3n) is 5.82. The van der Waals surface area contributed by atoms with Gasteiger partial charge in [-0.25, -0.2) is 0 Å². The molecule has 1 aromatic heterocycles. The third kappa shape index (κ3) is 1.84. The normalized spacial score (nSPS) is 37.2. The van der Waals surface area contributed by atoms with Crippen molar-refractivity contribution in [2.75, 3.05) is 11.1 Å². The van der Waals surface area contributed by atoms with Crippen molar-refractivity contribution >= 4 is 22.8 Å². The Labute approximate surface area is 124 Å². The number of nitrogens with one attached hydrogen (secondary N) is 1. The van der Waals surface area contributed by atoms with Crippen molar-refractivity contribution in [3.05, 3.63) is 18.2 Å². The molecular weight excluding hydrogens is 262 g/mol. The topological polar surface area (TPSA) is 64.1 Å². The molecule has 4 aliphatic carbocycles. The maximum Gasteiger partial charge on any atom is 0.296 e. The number of nitrogens with zero attached hydrogens (tertiary/aromatic N) is 1. The summed E-state index contributed by atoms with van der Waals surface area (Å²) in [5, 5.41) is 3.68. The summed E-state index contributed by atoms with van der Waals surface area (Å²) in [7, 11) is 0. The number of fused-ring (bicyclic) bond motifs is 1. The molecule has 4 fully saturated rings. The molecule has 4 nitrogen and oxygen atoms in total. The molecule has 110 valence electrons. The molecule has 0 spiro atoms. The summed E-state index contributed by atoms with van der Waals surface area (Å²) in [5.41, 5.74) is 8.44. The summed E-state index contributed by atoms with van der Waals surface area (Å²) in [6.45, 7) is 0. The summed E-state index contributed by atoms with van der Waals surface area (Å²) in [6.07, 6.45) is 8.22. The molecule has 0 unspecified atom stereocenters. The molecule has 4 aliphatic rings. The van der Waals surface area contributed by atoms with Gasteiger partial charge in [-0.15, -0.1) is 0 Å². The van der Waals surface area contributed by atoms with Gasteiger partial charge in [0.1, 0.15) is 5.52 Å². The van der Waals surface area contributed by atoms with E-state index >= 15 is 0 Å². The summed E-state index contributed by atoms with van der Waals surface area (Å²) >= 11 is 0. The quantitative estimate of drug-likeness (QED) is 0.823. The zero-order valence-electron chi connectivity index (χ0n) is 12.1. The first-order chi connectivity index (χ1) is 10.2. The van der Waals surface area contributed by atoms with Crippen LogP contribution in [0.25, 0.3) is 11.1 Å². The number of anilines is 2. The minimum atomic E-state index is 0.237. The smallest absolute Gasteiger partial charge is 0.296 e. The standard InChI is InChI=1S/C17H21N3O/c18-13-1-2-14-15(6-13)21-16(19-14)20-17-7-10-3-11(8-17)5-12(4-10)9-17/h1-2,6,10-12H,3-5,7-9,18H2,(H,19,20). The van der Waals surface area contributed by atoms with Gasteiger partial charge in [-0.3, -0.25) is 0 Å². The van der Waals surface area contributed by atoms with Crippen LogP contribution in [0.4, 0.5) is 11.7 Å². The van der Waals surface area contributed by atoms with E-state index in [0.29, 0.717) is 6.01 Å². The molecular formula is C17H21N3O. The fourth-order valence-corrected chi connectivity index (χ4v) is 5.49. The average Bonchev–Trinajstić information content (AvgIpc) is 2.77. The lowest BCUT2D eigenvalue weighted by atomic mass is 9.53. The van der Waals surface area contributed by atoms with E-state index in [1.165, 1.54) is 38.5 Å². The molecule has 4 heteroatoms. The van der Waals surface area contributed by atoms with Crippen molar-refractivity contribution in [3.8, 4) is 0 Å². The van der Waals surface area contributed by atoms with Crippen molar-refractivity contribution < 1.29 is 4.42 Å². The van der Waals surface area contributed by atoms with Gasteiger partial charge >= 0.3 is 0 Å². The molecule has 1 aromatic carbocycles. The van der Waals surface area contributed by atoms with Crippen molar-refractivity contribution in [1.29, 1.82) is 0 Å². The summed E-state index contributed by atoms with van der Waals surface area (Å²) in [6, 6.07) is 6.34. The fourth-order valence-electron chi connectivity index (χ4n) is 5.49. The van der Waals surface area contributed by atoms with Gasteiger partial charge in [0.05, 0.1) is 0 Å². The molecule has 0 atom stereocenters. The van der Waals surface area contributed by atoms with E-state index in [1.807, 2.05) is 18.2 Å². The summed E-state index contributed by atoms with van der Waals surface area (Å²) in [4.78, 5) is 4.60. The van der Waals surface area contributed by atoms with E-state index in [9.17, 15) is 0 Å². The zero-order valence-corrected chi connectivity index (χ0v) is 12.1. The van der Waals surface area contributed by atoms with Crippen molar-refractivity contribution in [2.24, 2.45) is 17.8 Å². The van der Waals surface area contributed by atoms with E-state index < -0.39 is 0 Å². The minimum Gasteiger partial charge on any atom is -0.423 e. The van der Waals surface area contributed by atoms with Crippen molar-refractivity contribution in [1.82, 2.24) is 4.98 Å². The Morgan fingerprint density at radius 2 is 1.76 bits per heavy atom. The Balaban J connectivity index is 1.48. The molecule has 21 heavy (non-hydrogen) atoms. The van der Waals surface area contributed by atoms with E-state index in [-0.39, 0.29) is 5.54 Å². The van der Waals surface area contributed by atoms with Gasteiger partial charge in [-0.2, -0.15) is 4.98 Å². The second kappa shape index (κ2) is 3.93. The molecule has 0 radical (unpaired) electrons. The highest BCUT2D eigenvalue weighted by Crippen LogP contribution is 2.56. The number of aromatic nitrogens is 1. The lowest BCUT2D eigenvalue weighted by Crippen LogP contribution is -2.54. The maximum absolute atomic E-state index is 5.89. The van der Waals surface area contributed by atoms with Gasteiger partial charge < -0.3 is 15.5 Å². The van der Waals surface area contributed by atoms with Crippen molar-refractivity contribution in [3.63, 3.8) is 0 Å². The van der Waals surface area contributed by atoms with Crippen LogP contribution in [-0.2, 0) is 0 Å². The van der Waals surface area contributed by atoms with Crippen LogP contribution in [0.5, 0.6) is 0 Å². The van der Waals surface area contributed by atoms with Gasteiger partial charge in [-0.1, -0.05) is 0 Å². The van der Waals surface area contributed by atoms with Crippen LogP contribution in [0.15, 0.2) is 22.6 Å². The summed E-state index contributed by atoms with van der Waals surface area (Å²) in [5.74, 6) is 2.76. The zero-order chi connectivity index (χ0) is 14.0. The van der Waals surface area contributed by atoms with Crippen LogP contribution in [0.3, 0.4) is 0 Å². The van der Waals surface area contributed by atoms with Crippen LogP contribution in [0.2, 0.25) is 0 Å². The molecule has 1 heterocycles. The highest BCUT2D eigenvalue weighted by atomic mass is 16.4. The SMILES string of the molecule is Nc1ccc2nc(NC34CC5CC(CC(C5)C3)C4)oc2c1. The predicted molar refractivity (Wildman–Crippen MR) is 82.9 cm³/mol. The summed E-state index contributed by atoms with van der Waals surface area (Å²) < 4.78 is 5.89. The van der Waals surface area contributed by atoms with E-state index in [1.54, 1.807) is 0 Å². The number of nitrogen functional groups attached to an aromatic ring is 1. The number of oxazole rings is 1. The Hall–Kier alpha value is -1.71. The Kier molecular flexibility index (Phi) is 2.23. The number of hydrogen-bond acceptors (Lipinski definition) is 4. The number of benzene rings is 1. The lowest BCUT2D eigenvalue weighted by Gasteiger charge is -2.56. The molecule has 0 aliphatic heterocycles. The second-order valence-corrected chi connectivity index (χ2v) is 7.57. The van der Waals surface area contributed by atoms with Crippen molar-refractivity contribution in [2.45, 2.75) is 44.1 Å². The largest absolute Gasteiger partial charge is 0.423 e. The van der Waals surface area contributed by atoms with Gasteiger partial charge in [-0.05, 0) is 68.4 Å². The van der Waals surface area contributed by atoms with Gasteiger partial charge in [0.15, 0.2) is 5.58 Å². The molecule has 0 amide bonds. The van der Waals surface area contributed by atoms with Crippen LogP contribution >= 0.6 is 0 Å². The predicted octanol–water partition coefficient (Wildman–Crippen LogP) is 3.79. The maximum atomic E-state index is 5.89. The Morgan fingerprint density at radius 3 is 2.43 bits per heavy atom. The number of rotatable bonds is 2. The monoisotopic (exact) mass is 283 g/mol. The van der Waals surface area contributed by atoms with Crippen LogP contribution in [0, 0.1) is 17.8 Å². The Morgan fingerprint density at radius 1 is 1.10 bits per heavy atom. The van der Waals surface area contributed by atoms with Crippen LogP contribution < -0.4 is 11.1 Å². The molecule has 0 saturated heterocycles. The first-order valence-electron chi connectivity index (χ1n) is 8.12. The van der Waals surface area contributed by atoms with E-state index in [4.69, 9.17) is 10.2 Å². The fraction of sp³-hybridized carbons (Fsp3) is 0.588. The third-order valence-corrected chi connectivity index (χ3v) is 5.82. The molecule has 3 N–H and O–H groups in total. The average molecular weight is 283 g/mol. The highest BCUT2D eigenvalue weighted by Gasteiger charge is 2.51. The van der Waals surface area contributed by atoms with Gasteiger partial charge in [0, 0.05) is 17.3 Å². The molecule has 4 saturated carbocycles. The Bertz CT molecular complexity index is 670. The molecule has 2 aromatic rings.